The predicted molar refractivity (Wildman–Crippen MR) is 99.5 cm³/mol. The Hall–Kier alpha value is -1.65. The van der Waals surface area contributed by atoms with Crippen LogP contribution >= 0.6 is 23.8 Å². The van der Waals surface area contributed by atoms with Crippen LogP contribution in [-0.2, 0) is 6.54 Å². The molecule has 0 spiro atoms. The van der Waals surface area contributed by atoms with E-state index in [-0.39, 0.29) is 5.02 Å². The number of nitrogens with one attached hydrogen (secondary N) is 1. The third-order valence-electron chi connectivity index (χ3n) is 3.45. The van der Waals surface area contributed by atoms with Gasteiger partial charge in [0, 0.05) is 18.8 Å². The van der Waals surface area contributed by atoms with E-state index < -0.39 is 5.82 Å². The van der Waals surface area contributed by atoms with Gasteiger partial charge >= 0.3 is 0 Å². The molecule has 0 aliphatic rings. The minimum Gasteiger partial charge on any atom is -0.345 e. The van der Waals surface area contributed by atoms with Gasteiger partial charge in [-0.05, 0) is 49.3 Å². The molecule has 122 valence electrons. The van der Waals surface area contributed by atoms with Gasteiger partial charge < -0.3 is 10.2 Å². The lowest BCUT2D eigenvalue weighted by atomic mass is 10.1. The molecule has 23 heavy (non-hydrogen) atoms. The van der Waals surface area contributed by atoms with Crippen molar-refractivity contribution in [3.05, 3.63) is 64.4 Å². The average molecular weight is 351 g/mol. The summed E-state index contributed by atoms with van der Waals surface area (Å²) in [7, 11) is 0. The Balaban J connectivity index is 2.08. The van der Waals surface area contributed by atoms with E-state index in [1.54, 1.807) is 12.1 Å². The van der Waals surface area contributed by atoms with E-state index >= 15 is 0 Å². The highest BCUT2D eigenvalue weighted by molar-refractivity contribution is 7.80. The molecule has 0 aromatic heterocycles. The van der Waals surface area contributed by atoms with Crippen LogP contribution in [0.2, 0.25) is 5.02 Å². The molecule has 2 nitrogen and oxygen atoms in total. The largest absolute Gasteiger partial charge is 0.345 e. The predicted octanol–water partition coefficient (Wildman–Crippen LogP) is 5.40. The minimum atomic E-state index is -0.437. The molecule has 0 amide bonds. The van der Waals surface area contributed by atoms with Crippen LogP contribution in [0, 0.1) is 12.7 Å². The number of hydrogen-bond acceptors (Lipinski definition) is 1. The van der Waals surface area contributed by atoms with E-state index in [0.29, 0.717) is 10.8 Å². The molecule has 0 radical (unpaired) electrons. The molecule has 0 bridgehead atoms. The Morgan fingerprint density at radius 3 is 2.52 bits per heavy atom. The molecule has 2 aromatic rings. The maximum Gasteiger partial charge on any atom is 0.173 e. The molecule has 5 heteroatoms. The lowest BCUT2D eigenvalue weighted by molar-refractivity contribution is 0.418. The van der Waals surface area contributed by atoms with Gasteiger partial charge in [0.2, 0.25) is 0 Å². The molecule has 0 heterocycles. The first kappa shape index (κ1) is 17.7. The topological polar surface area (TPSA) is 15.3 Å². The van der Waals surface area contributed by atoms with Crippen molar-refractivity contribution in [2.45, 2.75) is 26.8 Å². The quantitative estimate of drug-likeness (QED) is 0.727. The second kappa shape index (κ2) is 8.27. The number of rotatable bonds is 5. The molecule has 0 atom stereocenters. The fraction of sp³-hybridized carbons (Fsp3) is 0.278. The highest BCUT2D eigenvalue weighted by Gasteiger charge is 2.11. The molecule has 2 rings (SSSR count). The molecular weight excluding hydrogens is 331 g/mol. The van der Waals surface area contributed by atoms with Crippen molar-refractivity contribution in [2.24, 2.45) is 0 Å². The molecule has 0 saturated carbocycles. The van der Waals surface area contributed by atoms with Crippen molar-refractivity contribution < 1.29 is 4.39 Å². The second-order valence-corrected chi connectivity index (χ2v) is 6.26. The number of nitrogens with zero attached hydrogens (tertiary/aromatic N) is 1. The standard InChI is InChI=1S/C18H20ClFN2S/c1-3-10-22(12-14-6-4-13(2)5-7-14)18(23)21-15-8-9-17(20)16(19)11-15/h4-9,11H,3,10,12H2,1-2H3,(H,21,23). The summed E-state index contributed by atoms with van der Waals surface area (Å²) in [5.41, 5.74) is 3.12. The van der Waals surface area contributed by atoms with Gasteiger partial charge in [0.15, 0.2) is 5.11 Å². The number of hydrogen-bond donors (Lipinski definition) is 1. The smallest absolute Gasteiger partial charge is 0.173 e. The Kier molecular flexibility index (Phi) is 6.37. The molecule has 0 unspecified atom stereocenters. The van der Waals surface area contributed by atoms with Gasteiger partial charge in [0.1, 0.15) is 5.82 Å². The number of aryl methyl sites for hydroxylation is 1. The second-order valence-electron chi connectivity index (χ2n) is 5.47. The fourth-order valence-corrected chi connectivity index (χ4v) is 2.67. The third kappa shape index (κ3) is 5.19. The van der Waals surface area contributed by atoms with Crippen LogP contribution < -0.4 is 5.32 Å². The van der Waals surface area contributed by atoms with Gasteiger partial charge in [-0.25, -0.2) is 4.39 Å². The van der Waals surface area contributed by atoms with Gasteiger partial charge in [-0.15, -0.1) is 0 Å². The lowest BCUT2D eigenvalue weighted by Crippen LogP contribution is -2.34. The van der Waals surface area contributed by atoms with E-state index in [1.165, 1.54) is 17.2 Å². The first-order chi connectivity index (χ1) is 11.0. The molecular formula is C18H20ClFN2S. The van der Waals surface area contributed by atoms with Gasteiger partial charge in [-0.3, -0.25) is 0 Å². The fourth-order valence-electron chi connectivity index (χ4n) is 2.21. The van der Waals surface area contributed by atoms with Gasteiger partial charge in [0.05, 0.1) is 5.02 Å². The van der Waals surface area contributed by atoms with Crippen molar-refractivity contribution in [1.29, 1.82) is 0 Å². The van der Waals surface area contributed by atoms with E-state index in [0.717, 1.165) is 19.5 Å². The monoisotopic (exact) mass is 350 g/mol. The van der Waals surface area contributed by atoms with Gasteiger partial charge in [-0.2, -0.15) is 0 Å². The van der Waals surface area contributed by atoms with Crippen LogP contribution in [0.15, 0.2) is 42.5 Å². The molecule has 0 saturated heterocycles. The summed E-state index contributed by atoms with van der Waals surface area (Å²) in [5, 5.41) is 3.82. The molecule has 0 aliphatic heterocycles. The van der Waals surface area contributed by atoms with E-state index in [1.807, 2.05) is 0 Å². The van der Waals surface area contributed by atoms with Crippen LogP contribution in [0.1, 0.15) is 24.5 Å². The van der Waals surface area contributed by atoms with E-state index in [9.17, 15) is 4.39 Å². The first-order valence-corrected chi connectivity index (χ1v) is 8.34. The lowest BCUT2D eigenvalue weighted by Gasteiger charge is -2.25. The van der Waals surface area contributed by atoms with Crippen LogP contribution in [0.4, 0.5) is 10.1 Å². The summed E-state index contributed by atoms with van der Waals surface area (Å²) >= 11 is 11.3. The highest BCUT2D eigenvalue weighted by Crippen LogP contribution is 2.20. The zero-order valence-corrected chi connectivity index (χ0v) is 14.8. The van der Waals surface area contributed by atoms with E-state index in [2.05, 4.69) is 48.3 Å². The van der Waals surface area contributed by atoms with Crippen molar-refractivity contribution in [2.75, 3.05) is 11.9 Å². The average Bonchev–Trinajstić information content (AvgIpc) is 2.52. The summed E-state index contributed by atoms with van der Waals surface area (Å²) in [5.74, 6) is -0.437. The molecule has 0 aliphatic carbocycles. The van der Waals surface area contributed by atoms with Gasteiger partial charge in [0.25, 0.3) is 0 Å². The minimum absolute atomic E-state index is 0.0818. The first-order valence-electron chi connectivity index (χ1n) is 7.56. The van der Waals surface area contributed by atoms with Gasteiger partial charge in [-0.1, -0.05) is 48.4 Å². The molecule has 1 N–H and O–H groups in total. The third-order valence-corrected chi connectivity index (χ3v) is 4.10. The zero-order chi connectivity index (χ0) is 16.8. The normalized spacial score (nSPS) is 10.4. The summed E-state index contributed by atoms with van der Waals surface area (Å²) in [4.78, 5) is 2.09. The summed E-state index contributed by atoms with van der Waals surface area (Å²) in [6.07, 6.45) is 0.984. The Morgan fingerprint density at radius 1 is 1.22 bits per heavy atom. The van der Waals surface area contributed by atoms with Crippen LogP contribution in [0.5, 0.6) is 0 Å². The molecule has 2 aromatic carbocycles. The van der Waals surface area contributed by atoms with Crippen molar-refractivity contribution >= 4 is 34.6 Å². The van der Waals surface area contributed by atoms with Crippen molar-refractivity contribution in [3.8, 4) is 0 Å². The number of anilines is 1. The Morgan fingerprint density at radius 2 is 1.91 bits per heavy atom. The van der Waals surface area contributed by atoms with Crippen LogP contribution in [-0.4, -0.2) is 16.6 Å². The van der Waals surface area contributed by atoms with Crippen molar-refractivity contribution in [1.82, 2.24) is 4.90 Å². The SMILES string of the molecule is CCCN(Cc1ccc(C)cc1)C(=S)Nc1ccc(F)c(Cl)c1. The summed E-state index contributed by atoms with van der Waals surface area (Å²) < 4.78 is 13.2. The van der Waals surface area contributed by atoms with E-state index in [4.69, 9.17) is 23.8 Å². The maximum absolute atomic E-state index is 13.2. The Bertz CT molecular complexity index is 673. The maximum atomic E-state index is 13.2. The Labute approximate surface area is 147 Å². The number of benzene rings is 2. The summed E-state index contributed by atoms with van der Waals surface area (Å²) in [6, 6.07) is 12.9. The molecule has 0 fully saturated rings. The number of thiocarbonyl (C=S) groups is 1. The summed E-state index contributed by atoms with van der Waals surface area (Å²) in [6.45, 7) is 5.75. The number of halogens is 2. The highest BCUT2D eigenvalue weighted by atomic mass is 35.5. The van der Waals surface area contributed by atoms with Crippen LogP contribution in [0.25, 0.3) is 0 Å². The van der Waals surface area contributed by atoms with Crippen molar-refractivity contribution in [3.63, 3.8) is 0 Å². The van der Waals surface area contributed by atoms with Crippen LogP contribution in [0.3, 0.4) is 0 Å². The zero-order valence-electron chi connectivity index (χ0n) is 13.3.